The van der Waals surface area contributed by atoms with E-state index in [9.17, 15) is 4.79 Å². The van der Waals surface area contributed by atoms with Crippen LogP contribution in [0.5, 0.6) is 0 Å². The molecule has 4 aromatic rings. The van der Waals surface area contributed by atoms with E-state index >= 15 is 0 Å². The number of benzene rings is 1. The molecule has 0 aliphatic heterocycles. The predicted molar refractivity (Wildman–Crippen MR) is 134 cm³/mol. The van der Waals surface area contributed by atoms with Gasteiger partial charge >= 0.3 is 0 Å². The van der Waals surface area contributed by atoms with Crippen molar-refractivity contribution in [2.24, 2.45) is 0 Å². The zero-order valence-electron chi connectivity index (χ0n) is 19.4. The Morgan fingerprint density at radius 1 is 1.14 bits per heavy atom. The van der Waals surface area contributed by atoms with Crippen LogP contribution in [0.4, 0.5) is 0 Å². The average molecular weight is 464 g/mol. The average Bonchev–Trinajstić information content (AvgIpc) is 3.41. The molecule has 1 aromatic carbocycles. The highest BCUT2D eigenvalue weighted by atomic mass is 16.1. The van der Waals surface area contributed by atoms with Gasteiger partial charge in [-0.15, -0.1) is 10.2 Å². The molecule has 0 spiro atoms. The molecule has 1 amide bonds. The third kappa shape index (κ3) is 4.86. The Hall–Kier alpha value is -4.59. The molecule has 1 fully saturated rings. The number of imidazole rings is 1. The van der Waals surface area contributed by atoms with E-state index in [2.05, 4.69) is 36.6 Å². The number of pyridine rings is 1. The molecule has 0 radical (unpaired) electrons. The molecule has 1 aliphatic rings. The number of amides is 1. The lowest BCUT2D eigenvalue weighted by atomic mass is 10.2. The first kappa shape index (κ1) is 22.2. The lowest BCUT2D eigenvalue weighted by Gasteiger charge is -2.10. The van der Waals surface area contributed by atoms with Crippen molar-refractivity contribution in [3.63, 3.8) is 0 Å². The van der Waals surface area contributed by atoms with Crippen LogP contribution >= 0.6 is 0 Å². The predicted octanol–water partition coefficient (Wildman–Crippen LogP) is 4.76. The van der Waals surface area contributed by atoms with E-state index in [0.29, 0.717) is 11.7 Å². The van der Waals surface area contributed by atoms with Gasteiger partial charge in [0.15, 0.2) is 5.82 Å². The van der Waals surface area contributed by atoms with Crippen LogP contribution < -0.4 is 5.32 Å². The number of aromatic nitrogens is 6. The van der Waals surface area contributed by atoms with Crippen molar-refractivity contribution in [1.82, 2.24) is 34.6 Å². The number of rotatable bonds is 8. The standard InChI is InChI=1S/C27H25N7O/c1-3-19(26-32-30-18-34(26)22-10-11-22)14-21(4-2)31-27(35)24-15-23(12-13-28-24)33-16-25(29-17-33)20-8-6-5-7-9-20/h3-9,12-18,22H,2,10-11H2,1H3,(H,31,35)/b19-3+,21-14+. The molecule has 0 atom stereocenters. The van der Waals surface area contributed by atoms with Crippen LogP contribution in [0, 0.1) is 0 Å². The minimum Gasteiger partial charge on any atom is -0.321 e. The van der Waals surface area contributed by atoms with Crippen molar-refractivity contribution in [3.05, 3.63) is 110 Å². The van der Waals surface area contributed by atoms with Gasteiger partial charge in [-0.1, -0.05) is 43.0 Å². The fourth-order valence-electron chi connectivity index (χ4n) is 3.78. The Kier molecular flexibility index (Phi) is 6.17. The Labute approximate surface area is 203 Å². The van der Waals surface area contributed by atoms with Crippen LogP contribution in [0.25, 0.3) is 22.5 Å². The van der Waals surface area contributed by atoms with E-state index < -0.39 is 0 Å². The van der Waals surface area contributed by atoms with Gasteiger partial charge in [0.25, 0.3) is 5.91 Å². The smallest absolute Gasteiger partial charge is 0.274 e. The molecule has 0 saturated heterocycles. The summed E-state index contributed by atoms with van der Waals surface area (Å²) in [4.78, 5) is 21.8. The van der Waals surface area contributed by atoms with Crippen LogP contribution in [0.2, 0.25) is 0 Å². The third-order valence-corrected chi connectivity index (χ3v) is 5.80. The first-order valence-corrected chi connectivity index (χ1v) is 11.4. The summed E-state index contributed by atoms with van der Waals surface area (Å²) in [6.07, 6.45) is 14.7. The summed E-state index contributed by atoms with van der Waals surface area (Å²) < 4.78 is 3.95. The summed E-state index contributed by atoms with van der Waals surface area (Å²) >= 11 is 0. The number of nitrogens with zero attached hydrogens (tertiary/aromatic N) is 6. The van der Waals surface area contributed by atoms with Gasteiger partial charge in [0.1, 0.15) is 12.0 Å². The van der Waals surface area contributed by atoms with Crippen LogP contribution in [-0.2, 0) is 0 Å². The number of carbonyl (C=O) groups excluding carboxylic acids is 1. The first-order chi connectivity index (χ1) is 17.2. The van der Waals surface area contributed by atoms with E-state index in [0.717, 1.165) is 41.2 Å². The second-order valence-corrected chi connectivity index (χ2v) is 8.23. The van der Waals surface area contributed by atoms with Crippen molar-refractivity contribution in [1.29, 1.82) is 0 Å². The van der Waals surface area contributed by atoms with Crippen LogP contribution in [0.3, 0.4) is 0 Å². The van der Waals surface area contributed by atoms with Crippen molar-refractivity contribution >= 4 is 11.5 Å². The lowest BCUT2D eigenvalue weighted by molar-refractivity contribution is 0.0962. The first-order valence-electron chi connectivity index (χ1n) is 11.4. The van der Waals surface area contributed by atoms with Crippen molar-refractivity contribution in [2.45, 2.75) is 25.8 Å². The number of allylic oxidation sites excluding steroid dienone is 4. The maximum Gasteiger partial charge on any atom is 0.274 e. The number of hydrogen-bond acceptors (Lipinski definition) is 5. The minimum atomic E-state index is -0.333. The summed E-state index contributed by atoms with van der Waals surface area (Å²) in [5, 5.41) is 11.2. The topological polar surface area (TPSA) is 90.5 Å². The molecule has 3 heterocycles. The maximum atomic E-state index is 13.0. The molecular weight excluding hydrogens is 438 g/mol. The van der Waals surface area contributed by atoms with Gasteiger partial charge in [-0.2, -0.15) is 0 Å². The van der Waals surface area contributed by atoms with Gasteiger partial charge < -0.3 is 14.5 Å². The Morgan fingerprint density at radius 3 is 2.71 bits per heavy atom. The van der Waals surface area contributed by atoms with E-state index in [-0.39, 0.29) is 11.6 Å². The van der Waals surface area contributed by atoms with Crippen molar-refractivity contribution in [2.75, 3.05) is 0 Å². The van der Waals surface area contributed by atoms with E-state index in [1.54, 1.807) is 31.0 Å². The molecule has 1 aliphatic carbocycles. The molecule has 0 unspecified atom stereocenters. The van der Waals surface area contributed by atoms with Gasteiger partial charge in [0.05, 0.1) is 17.7 Å². The van der Waals surface area contributed by atoms with Crippen LogP contribution in [0.15, 0.2) is 98.0 Å². The summed E-state index contributed by atoms with van der Waals surface area (Å²) in [7, 11) is 0. The molecule has 1 saturated carbocycles. The molecule has 8 heteroatoms. The van der Waals surface area contributed by atoms with Gasteiger partial charge in [-0.25, -0.2) is 4.98 Å². The lowest BCUT2D eigenvalue weighted by Crippen LogP contribution is -2.23. The molecule has 174 valence electrons. The molecule has 0 bridgehead atoms. The second kappa shape index (κ2) is 9.72. The van der Waals surface area contributed by atoms with Crippen molar-refractivity contribution < 1.29 is 4.79 Å². The number of nitrogens with one attached hydrogen (secondary N) is 1. The summed E-state index contributed by atoms with van der Waals surface area (Å²) in [6.45, 7) is 5.79. The normalized spacial score (nSPS) is 14.1. The van der Waals surface area contributed by atoms with E-state index in [1.165, 1.54) is 0 Å². The fourth-order valence-corrected chi connectivity index (χ4v) is 3.78. The van der Waals surface area contributed by atoms with Crippen molar-refractivity contribution in [3.8, 4) is 16.9 Å². The molecular formula is C27H25N7O. The largest absolute Gasteiger partial charge is 0.321 e. The highest BCUT2D eigenvalue weighted by molar-refractivity contribution is 5.94. The Balaban J connectivity index is 1.35. The van der Waals surface area contributed by atoms with Gasteiger partial charge in [0.2, 0.25) is 0 Å². The maximum absolute atomic E-state index is 13.0. The van der Waals surface area contributed by atoms with Crippen LogP contribution in [0.1, 0.15) is 42.1 Å². The van der Waals surface area contributed by atoms with Gasteiger partial charge in [-0.05, 0) is 44.1 Å². The van der Waals surface area contributed by atoms with Gasteiger partial charge in [-0.3, -0.25) is 9.78 Å². The molecule has 5 rings (SSSR count). The number of carbonyl (C=O) groups is 1. The zero-order valence-corrected chi connectivity index (χ0v) is 19.4. The zero-order chi connectivity index (χ0) is 24.2. The SMILES string of the molecule is C=C/C(=C\C(=C/C)c1nncn1C1CC1)NC(=O)c1cc(-n2cnc(-c3ccccc3)c2)ccn1. The molecule has 1 N–H and O–H groups in total. The summed E-state index contributed by atoms with van der Waals surface area (Å²) in [5.41, 5.74) is 4.36. The quantitative estimate of drug-likeness (QED) is 0.380. The Bertz CT molecular complexity index is 1420. The Morgan fingerprint density at radius 2 is 1.97 bits per heavy atom. The minimum absolute atomic E-state index is 0.286. The highest BCUT2D eigenvalue weighted by Crippen LogP contribution is 2.36. The summed E-state index contributed by atoms with van der Waals surface area (Å²) in [5.74, 6) is 0.443. The fraction of sp³-hybridized carbons (Fsp3) is 0.148. The summed E-state index contributed by atoms with van der Waals surface area (Å²) in [6, 6.07) is 13.9. The number of hydrogen-bond donors (Lipinski definition) is 1. The van der Waals surface area contributed by atoms with Gasteiger partial charge in [0, 0.05) is 35.3 Å². The second-order valence-electron chi connectivity index (χ2n) is 8.23. The monoisotopic (exact) mass is 463 g/mol. The molecule has 8 nitrogen and oxygen atoms in total. The third-order valence-electron chi connectivity index (χ3n) is 5.80. The van der Waals surface area contributed by atoms with E-state index in [1.807, 2.05) is 66.2 Å². The van der Waals surface area contributed by atoms with E-state index in [4.69, 9.17) is 0 Å². The van der Waals surface area contributed by atoms with Crippen LogP contribution in [-0.4, -0.2) is 35.2 Å². The molecule has 35 heavy (non-hydrogen) atoms. The molecule has 3 aromatic heterocycles. The highest BCUT2D eigenvalue weighted by Gasteiger charge is 2.26.